The van der Waals surface area contributed by atoms with Crippen molar-refractivity contribution in [1.82, 2.24) is 4.98 Å². The van der Waals surface area contributed by atoms with Gasteiger partial charge in [0.25, 0.3) is 0 Å². The molecule has 3 aromatic rings. The van der Waals surface area contributed by atoms with Gasteiger partial charge in [-0.3, -0.25) is 4.79 Å². The average Bonchev–Trinajstić information content (AvgIpc) is 2.76. The topological polar surface area (TPSA) is 112 Å². The number of aryl methyl sites for hydroxylation is 2. The maximum Gasteiger partial charge on any atom is 0.325 e. The highest BCUT2D eigenvalue weighted by Gasteiger charge is 2.25. The Hall–Kier alpha value is -3.85. The molecule has 3 rings (SSSR count). The summed E-state index contributed by atoms with van der Waals surface area (Å²) in [6.07, 6.45) is 0. The molecule has 32 heavy (non-hydrogen) atoms. The maximum absolute atomic E-state index is 14.4. The minimum absolute atomic E-state index is 0.0355. The average molecular weight is 440 g/mol. The predicted octanol–water partition coefficient (Wildman–Crippen LogP) is 3.86. The van der Waals surface area contributed by atoms with Gasteiger partial charge in [0.05, 0.1) is 12.2 Å². The molecule has 1 aromatic heterocycles. The van der Waals surface area contributed by atoms with Crippen LogP contribution in [0.25, 0.3) is 11.3 Å². The Morgan fingerprint density at radius 2 is 1.62 bits per heavy atom. The molecule has 0 radical (unpaired) electrons. The van der Waals surface area contributed by atoms with Crippen LogP contribution in [-0.2, 0) is 16.1 Å². The van der Waals surface area contributed by atoms with Crippen molar-refractivity contribution in [3.63, 3.8) is 0 Å². The summed E-state index contributed by atoms with van der Waals surface area (Å²) in [7, 11) is 0. The number of hydrogen-bond donors (Lipinski definition) is 2. The number of hydrogen-bond acceptors (Lipinski definition) is 5. The summed E-state index contributed by atoms with van der Waals surface area (Å²) >= 11 is 0. The van der Waals surface area contributed by atoms with Crippen LogP contribution in [-0.4, -0.2) is 23.5 Å². The second kappa shape index (κ2) is 9.52. The Bertz CT molecular complexity index is 1160. The lowest BCUT2D eigenvalue weighted by Gasteiger charge is -2.22. The molecule has 9 heteroatoms. The number of carbonyl (C=O) groups is 2. The SMILES string of the molecule is Cc1ccc(C)c(-c2cccc(N(C(N)=O)c3c(F)cccc3F)n2)c1COC(=O)CN. The summed E-state index contributed by atoms with van der Waals surface area (Å²) in [6, 6.07) is 10.5. The van der Waals surface area contributed by atoms with Crippen molar-refractivity contribution >= 4 is 23.5 Å². The van der Waals surface area contributed by atoms with Gasteiger partial charge in [-0.1, -0.05) is 24.3 Å². The van der Waals surface area contributed by atoms with Crippen molar-refractivity contribution in [3.8, 4) is 11.3 Å². The van der Waals surface area contributed by atoms with E-state index in [-0.39, 0.29) is 19.0 Å². The van der Waals surface area contributed by atoms with Crippen LogP contribution in [0.15, 0.2) is 48.5 Å². The Kier molecular flexibility index (Phi) is 6.79. The van der Waals surface area contributed by atoms with Crippen molar-refractivity contribution in [1.29, 1.82) is 0 Å². The lowest BCUT2D eigenvalue weighted by atomic mass is 9.95. The molecular weight excluding hydrogens is 418 g/mol. The highest BCUT2D eigenvalue weighted by Crippen LogP contribution is 2.33. The molecule has 0 fully saturated rings. The molecule has 2 amide bonds. The first-order valence-electron chi connectivity index (χ1n) is 9.70. The number of pyridine rings is 1. The Morgan fingerprint density at radius 3 is 2.25 bits per heavy atom. The van der Waals surface area contributed by atoms with E-state index in [4.69, 9.17) is 16.2 Å². The second-order valence-electron chi connectivity index (χ2n) is 7.04. The third kappa shape index (κ3) is 4.57. The fraction of sp³-hybridized carbons (Fsp3) is 0.174. The number of aromatic nitrogens is 1. The van der Waals surface area contributed by atoms with Crippen molar-refractivity contribution in [2.75, 3.05) is 11.4 Å². The number of nitrogens with two attached hydrogens (primary N) is 2. The van der Waals surface area contributed by atoms with Gasteiger partial charge in [-0.2, -0.15) is 0 Å². The number of primary amides is 1. The zero-order valence-electron chi connectivity index (χ0n) is 17.6. The van der Waals surface area contributed by atoms with Gasteiger partial charge in [-0.25, -0.2) is 23.5 Å². The zero-order chi connectivity index (χ0) is 23.4. The molecular formula is C23H22F2N4O3. The molecule has 0 aliphatic rings. The number of para-hydroxylation sites is 1. The van der Waals surface area contributed by atoms with Crippen molar-refractivity contribution < 1.29 is 23.1 Å². The van der Waals surface area contributed by atoms with E-state index in [9.17, 15) is 18.4 Å². The fourth-order valence-electron chi connectivity index (χ4n) is 3.35. The first kappa shape index (κ1) is 22.8. The quantitative estimate of drug-likeness (QED) is 0.566. The fourth-order valence-corrected chi connectivity index (χ4v) is 3.35. The van der Waals surface area contributed by atoms with Gasteiger partial charge in [0.1, 0.15) is 29.7 Å². The van der Waals surface area contributed by atoms with Gasteiger partial charge in [-0.05, 0) is 49.2 Å². The predicted molar refractivity (Wildman–Crippen MR) is 116 cm³/mol. The molecule has 0 saturated heterocycles. The number of halogens is 2. The van der Waals surface area contributed by atoms with Gasteiger partial charge in [0.2, 0.25) is 0 Å². The molecule has 0 bridgehead atoms. The van der Waals surface area contributed by atoms with Crippen LogP contribution < -0.4 is 16.4 Å². The monoisotopic (exact) mass is 440 g/mol. The Labute approximate surface area is 183 Å². The number of urea groups is 1. The third-order valence-corrected chi connectivity index (χ3v) is 4.90. The van der Waals surface area contributed by atoms with E-state index in [1.165, 1.54) is 12.1 Å². The molecule has 0 unspecified atom stereocenters. The number of carbonyl (C=O) groups excluding carboxylic acids is 2. The van der Waals surface area contributed by atoms with Crippen LogP contribution in [0.2, 0.25) is 0 Å². The molecule has 7 nitrogen and oxygen atoms in total. The minimum atomic E-state index is -1.10. The molecule has 0 saturated carbocycles. The first-order chi connectivity index (χ1) is 15.2. The van der Waals surface area contributed by atoms with E-state index < -0.39 is 29.3 Å². The molecule has 0 atom stereocenters. The van der Waals surface area contributed by atoms with Crippen LogP contribution in [0.4, 0.5) is 25.1 Å². The van der Waals surface area contributed by atoms with E-state index in [0.717, 1.165) is 23.3 Å². The van der Waals surface area contributed by atoms with E-state index in [2.05, 4.69) is 4.98 Å². The van der Waals surface area contributed by atoms with Gasteiger partial charge < -0.3 is 16.2 Å². The zero-order valence-corrected chi connectivity index (χ0v) is 17.6. The number of amides is 2. The normalized spacial score (nSPS) is 10.7. The molecule has 1 heterocycles. The highest BCUT2D eigenvalue weighted by atomic mass is 19.1. The summed E-state index contributed by atoms with van der Waals surface area (Å²) in [6.45, 7) is 3.41. The minimum Gasteiger partial charge on any atom is -0.460 e. The van der Waals surface area contributed by atoms with Crippen LogP contribution in [0, 0.1) is 25.5 Å². The highest BCUT2D eigenvalue weighted by molar-refractivity contribution is 5.98. The van der Waals surface area contributed by atoms with Gasteiger partial charge in [-0.15, -0.1) is 0 Å². The molecule has 0 aliphatic carbocycles. The van der Waals surface area contributed by atoms with Crippen molar-refractivity contribution in [2.24, 2.45) is 11.5 Å². The second-order valence-corrected chi connectivity index (χ2v) is 7.04. The molecule has 2 aromatic carbocycles. The molecule has 0 spiro atoms. The summed E-state index contributed by atoms with van der Waals surface area (Å²) in [5, 5.41) is 0. The van der Waals surface area contributed by atoms with E-state index in [1.54, 1.807) is 12.1 Å². The van der Waals surface area contributed by atoms with Crippen molar-refractivity contribution in [3.05, 3.63) is 76.9 Å². The lowest BCUT2D eigenvalue weighted by molar-refractivity contribution is -0.143. The van der Waals surface area contributed by atoms with E-state index >= 15 is 0 Å². The van der Waals surface area contributed by atoms with E-state index in [1.807, 2.05) is 26.0 Å². The number of rotatable bonds is 6. The summed E-state index contributed by atoms with van der Waals surface area (Å²) in [4.78, 5) is 28.9. The summed E-state index contributed by atoms with van der Waals surface area (Å²) in [5.41, 5.74) is 13.6. The van der Waals surface area contributed by atoms with Crippen LogP contribution in [0.5, 0.6) is 0 Å². The smallest absolute Gasteiger partial charge is 0.325 e. The van der Waals surface area contributed by atoms with Crippen LogP contribution in [0.3, 0.4) is 0 Å². The van der Waals surface area contributed by atoms with Crippen molar-refractivity contribution in [2.45, 2.75) is 20.5 Å². The maximum atomic E-state index is 14.4. The van der Waals surface area contributed by atoms with E-state index in [0.29, 0.717) is 21.7 Å². The van der Waals surface area contributed by atoms with Gasteiger partial charge in [0, 0.05) is 11.1 Å². The third-order valence-electron chi connectivity index (χ3n) is 4.90. The number of ether oxygens (including phenoxy) is 1. The first-order valence-corrected chi connectivity index (χ1v) is 9.70. The number of anilines is 2. The Balaban J connectivity index is 2.14. The number of nitrogens with zero attached hydrogens (tertiary/aromatic N) is 2. The molecule has 0 aliphatic heterocycles. The Morgan fingerprint density at radius 1 is 1.00 bits per heavy atom. The largest absolute Gasteiger partial charge is 0.460 e. The number of benzene rings is 2. The van der Waals surface area contributed by atoms with Gasteiger partial charge >= 0.3 is 12.0 Å². The van der Waals surface area contributed by atoms with Gasteiger partial charge in [0.15, 0.2) is 0 Å². The summed E-state index contributed by atoms with van der Waals surface area (Å²) in [5.74, 6) is -2.55. The standard InChI is InChI=1S/C23H22F2N4O3/c1-13-9-10-14(2)21(15(13)12-32-20(30)11-26)18-7-4-8-19(28-18)29(23(27)31)22-16(24)5-3-6-17(22)25/h3-10H,11-12,26H2,1-2H3,(H2,27,31). The molecule has 166 valence electrons. The van der Waals surface area contributed by atoms with Crippen LogP contribution >= 0.6 is 0 Å². The van der Waals surface area contributed by atoms with Crippen LogP contribution in [0.1, 0.15) is 16.7 Å². The summed E-state index contributed by atoms with van der Waals surface area (Å²) < 4.78 is 34.0. The number of esters is 1. The molecule has 4 N–H and O–H groups in total. The lowest BCUT2D eigenvalue weighted by Crippen LogP contribution is -2.33.